The first-order valence-electron chi connectivity index (χ1n) is 11.7. The van der Waals surface area contributed by atoms with E-state index in [0.29, 0.717) is 40.8 Å². The maximum Gasteiger partial charge on any atom is 0.339 e. The molecule has 186 valence electrons. The number of carbonyl (C=O) groups excluding carboxylic acids is 3. The van der Waals surface area contributed by atoms with Crippen molar-refractivity contribution in [2.75, 3.05) is 6.61 Å². The van der Waals surface area contributed by atoms with Crippen LogP contribution in [0.5, 0.6) is 5.75 Å². The fraction of sp³-hybridized carbons (Fsp3) is 0.143. The van der Waals surface area contributed by atoms with Crippen LogP contribution in [0.1, 0.15) is 39.4 Å². The highest BCUT2D eigenvalue weighted by atomic mass is 16.5. The highest BCUT2D eigenvalue weighted by molar-refractivity contribution is 6.08. The number of fused-ring (bicyclic) bond motifs is 2. The Morgan fingerprint density at radius 2 is 1.84 bits per heavy atom. The number of imide groups is 1. The van der Waals surface area contributed by atoms with E-state index in [4.69, 9.17) is 14.1 Å². The van der Waals surface area contributed by atoms with Gasteiger partial charge in [0.15, 0.2) is 6.61 Å². The molecule has 4 aromatic rings. The molecule has 0 radical (unpaired) electrons. The molecule has 1 aliphatic rings. The molecule has 2 heterocycles. The summed E-state index contributed by atoms with van der Waals surface area (Å²) in [4.78, 5) is 42.2. The minimum Gasteiger partial charge on any atom is -0.508 e. The molecule has 0 saturated heterocycles. The van der Waals surface area contributed by atoms with Gasteiger partial charge in [0.2, 0.25) is 0 Å². The first kappa shape index (κ1) is 23.8. The molecule has 0 atom stereocenters. The molecule has 0 saturated carbocycles. The number of rotatable bonds is 6. The van der Waals surface area contributed by atoms with Crippen LogP contribution >= 0.6 is 0 Å². The van der Waals surface area contributed by atoms with Gasteiger partial charge in [-0.05, 0) is 65.9 Å². The number of urea groups is 1. The smallest absolute Gasteiger partial charge is 0.339 e. The highest BCUT2D eigenvalue weighted by Crippen LogP contribution is 2.37. The van der Waals surface area contributed by atoms with E-state index in [0.717, 1.165) is 16.7 Å². The number of nitrogens with zero attached hydrogens (tertiary/aromatic N) is 1. The topological polar surface area (TPSA) is 131 Å². The quantitative estimate of drug-likeness (QED) is 0.340. The zero-order chi connectivity index (χ0) is 25.8. The van der Waals surface area contributed by atoms with E-state index >= 15 is 0 Å². The number of allylic oxidation sites excluding steroid dienone is 1. The molecule has 0 fully saturated rings. The van der Waals surface area contributed by atoms with Crippen LogP contribution in [0.25, 0.3) is 22.6 Å². The van der Waals surface area contributed by atoms with Crippen molar-refractivity contribution in [2.45, 2.75) is 19.4 Å². The van der Waals surface area contributed by atoms with Crippen LogP contribution in [0.2, 0.25) is 0 Å². The number of amides is 3. The Balaban J connectivity index is 1.33. The number of phenols is 1. The van der Waals surface area contributed by atoms with Gasteiger partial charge in [-0.2, -0.15) is 0 Å². The lowest BCUT2D eigenvalue weighted by molar-refractivity contribution is -0.123. The lowest BCUT2D eigenvalue weighted by atomic mass is 10.0. The average Bonchev–Trinajstić information content (AvgIpc) is 3.56. The normalized spacial score (nSPS) is 13.4. The van der Waals surface area contributed by atoms with Crippen LogP contribution in [0.3, 0.4) is 0 Å². The van der Waals surface area contributed by atoms with Crippen molar-refractivity contribution in [3.05, 3.63) is 95.1 Å². The van der Waals surface area contributed by atoms with E-state index in [2.05, 4.69) is 10.6 Å². The summed E-state index contributed by atoms with van der Waals surface area (Å²) in [5.74, 6) is -0.700. The first-order chi connectivity index (χ1) is 18.0. The van der Waals surface area contributed by atoms with Crippen molar-refractivity contribution in [2.24, 2.45) is 0 Å². The molecule has 0 aliphatic heterocycles. The van der Waals surface area contributed by atoms with E-state index in [9.17, 15) is 19.5 Å². The predicted molar refractivity (Wildman–Crippen MR) is 135 cm³/mol. The minimum atomic E-state index is -0.756. The molecule has 9 heteroatoms. The molecule has 0 bridgehead atoms. The number of benzene rings is 2. The summed E-state index contributed by atoms with van der Waals surface area (Å²) in [6.45, 7) is -0.504. The molecule has 0 spiro atoms. The highest BCUT2D eigenvalue weighted by Gasteiger charge is 2.28. The zero-order valence-corrected chi connectivity index (χ0v) is 19.7. The summed E-state index contributed by atoms with van der Waals surface area (Å²) in [6, 6.07) is 16.7. The first-order valence-corrected chi connectivity index (χ1v) is 11.7. The van der Waals surface area contributed by atoms with Crippen LogP contribution in [0.15, 0.2) is 71.3 Å². The number of esters is 1. The number of aromatic hydroxyl groups is 1. The van der Waals surface area contributed by atoms with Crippen molar-refractivity contribution in [1.82, 2.24) is 15.6 Å². The van der Waals surface area contributed by atoms with Gasteiger partial charge in [-0.25, -0.2) is 14.6 Å². The van der Waals surface area contributed by atoms with E-state index in [1.165, 1.54) is 6.26 Å². The number of furan rings is 1. The lowest BCUT2D eigenvalue weighted by Crippen LogP contribution is -2.41. The third kappa shape index (κ3) is 5.35. The van der Waals surface area contributed by atoms with Crippen molar-refractivity contribution in [3.63, 3.8) is 0 Å². The second-order valence-corrected chi connectivity index (χ2v) is 8.48. The lowest BCUT2D eigenvalue weighted by Gasteiger charge is -2.12. The maximum absolute atomic E-state index is 13.2. The van der Waals surface area contributed by atoms with Gasteiger partial charge in [0, 0.05) is 5.39 Å². The van der Waals surface area contributed by atoms with Crippen molar-refractivity contribution >= 4 is 40.5 Å². The molecule has 3 amide bonds. The number of pyridine rings is 1. The van der Waals surface area contributed by atoms with Crippen LogP contribution in [-0.2, 0) is 22.5 Å². The fourth-order valence-electron chi connectivity index (χ4n) is 4.27. The Hall–Kier alpha value is -4.92. The molecule has 1 aliphatic carbocycles. The Labute approximate surface area is 211 Å². The molecule has 0 unspecified atom stereocenters. The monoisotopic (exact) mass is 497 g/mol. The van der Waals surface area contributed by atoms with E-state index in [1.807, 2.05) is 24.3 Å². The SMILES string of the molecule is O=C(COC(=O)c1c2c(nc3ccccc13)/C(=C/c1ccc(O)cc1)CC2)NC(=O)NCc1ccco1. The van der Waals surface area contributed by atoms with Crippen LogP contribution in [-0.4, -0.2) is 34.6 Å². The molecule has 3 N–H and O–H groups in total. The van der Waals surface area contributed by atoms with Crippen LogP contribution in [0, 0.1) is 0 Å². The molecule has 9 nitrogen and oxygen atoms in total. The van der Waals surface area contributed by atoms with Gasteiger partial charge in [0.25, 0.3) is 5.91 Å². The number of aromatic nitrogens is 1. The molecule has 5 rings (SSSR count). The maximum atomic E-state index is 13.2. The number of hydrogen-bond acceptors (Lipinski definition) is 7. The molecule has 2 aromatic carbocycles. The number of para-hydroxylation sites is 1. The number of ether oxygens (including phenoxy) is 1. The van der Waals surface area contributed by atoms with Crippen LogP contribution < -0.4 is 10.6 Å². The van der Waals surface area contributed by atoms with Gasteiger partial charge in [0.05, 0.1) is 29.6 Å². The average molecular weight is 498 g/mol. The third-order valence-electron chi connectivity index (χ3n) is 5.97. The number of carbonyl (C=O) groups is 3. The van der Waals surface area contributed by atoms with Gasteiger partial charge < -0.3 is 19.6 Å². The van der Waals surface area contributed by atoms with Gasteiger partial charge >= 0.3 is 12.0 Å². The number of nitrogens with one attached hydrogen (secondary N) is 2. The summed E-state index contributed by atoms with van der Waals surface area (Å²) < 4.78 is 10.4. The fourth-order valence-corrected chi connectivity index (χ4v) is 4.27. The largest absolute Gasteiger partial charge is 0.508 e. The second-order valence-electron chi connectivity index (χ2n) is 8.48. The van der Waals surface area contributed by atoms with E-state index in [1.54, 1.807) is 42.5 Å². The molecular formula is C28H23N3O6. The van der Waals surface area contributed by atoms with Crippen molar-refractivity contribution in [1.29, 1.82) is 0 Å². The molecule has 2 aromatic heterocycles. The van der Waals surface area contributed by atoms with Gasteiger partial charge in [-0.3, -0.25) is 10.1 Å². The summed E-state index contributed by atoms with van der Waals surface area (Å²) >= 11 is 0. The Morgan fingerprint density at radius 1 is 1.03 bits per heavy atom. The van der Waals surface area contributed by atoms with Gasteiger partial charge in [0.1, 0.15) is 11.5 Å². The van der Waals surface area contributed by atoms with Crippen molar-refractivity contribution in [3.8, 4) is 5.75 Å². The van der Waals surface area contributed by atoms with E-state index in [-0.39, 0.29) is 12.3 Å². The molecule has 37 heavy (non-hydrogen) atoms. The molecular weight excluding hydrogens is 474 g/mol. The van der Waals surface area contributed by atoms with Gasteiger partial charge in [-0.15, -0.1) is 0 Å². The summed E-state index contributed by atoms with van der Waals surface area (Å²) in [5.41, 5.74) is 4.33. The zero-order valence-electron chi connectivity index (χ0n) is 19.7. The standard InChI is InChI=1S/C28H23N3O6/c32-19-10-7-17(8-11-19)14-18-9-12-22-25(21-5-1-2-6-23(21)30-26(18)22)27(34)37-16-24(33)31-28(35)29-15-20-4-3-13-36-20/h1-8,10-11,13-14,32H,9,12,15-16H2,(H2,29,31,33,35)/b18-14+. The van der Waals surface area contributed by atoms with Gasteiger partial charge in [-0.1, -0.05) is 30.3 Å². The predicted octanol–water partition coefficient (Wildman–Crippen LogP) is 4.20. The Kier molecular flexibility index (Phi) is 6.67. The van der Waals surface area contributed by atoms with Crippen molar-refractivity contribution < 1.29 is 28.6 Å². The van der Waals surface area contributed by atoms with E-state index < -0.39 is 24.5 Å². The van der Waals surface area contributed by atoms with Crippen LogP contribution in [0.4, 0.5) is 4.79 Å². The summed E-state index contributed by atoms with van der Waals surface area (Å²) in [5, 5.41) is 14.8. The minimum absolute atomic E-state index is 0.112. The summed E-state index contributed by atoms with van der Waals surface area (Å²) in [7, 11) is 0. The third-order valence-corrected chi connectivity index (χ3v) is 5.97. The second kappa shape index (κ2) is 10.4. The number of phenolic OH excluding ortho intramolecular Hbond substituents is 1. The Morgan fingerprint density at radius 3 is 2.62 bits per heavy atom. The number of hydrogen-bond donors (Lipinski definition) is 3. The summed E-state index contributed by atoms with van der Waals surface area (Å²) in [6.07, 6.45) is 4.72. The Bertz CT molecular complexity index is 1510.